The number of carboxylic acids is 1. The maximum Gasteiger partial charge on any atom is 0.303 e. The second-order valence-corrected chi connectivity index (χ2v) is 9.33. The van der Waals surface area contributed by atoms with Gasteiger partial charge in [0.1, 0.15) is 0 Å². The predicted molar refractivity (Wildman–Crippen MR) is 135 cm³/mol. The Balaban J connectivity index is 3.36. The Bertz CT molecular complexity index is 379. The number of rotatable bonds is 27. The maximum absolute atomic E-state index is 10.5. The van der Waals surface area contributed by atoms with Crippen LogP contribution in [0.3, 0.4) is 0 Å². The van der Waals surface area contributed by atoms with E-state index in [2.05, 4.69) is 11.8 Å². The lowest BCUT2D eigenvalue weighted by Crippen LogP contribution is -2.29. The zero-order valence-electron chi connectivity index (χ0n) is 21.3. The highest BCUT2D eigenvalue weighted by atomic mass is 16.5. The van der Waals surface area contributed by atoms with E-state index in [4.69, 9.17) is 9.84 Å². The number of aliphatic hydroxyl groups excluding tert-OH is 1. The number of carbonyl (C=O) groups is 1. The lowest BCUT2D eigenvalue weighted by molar-refractivity contribution is -0.137. The highest BCUT2D eigenvalue weighted by Crippen LogP contribution is 2.10. The van der Waals surface area contributed by atoms with E-state index in [9.17, 15) is 9.90 Å². The van der Waals surface area contributed by atoms with Gasteiger partial charge in [-0.3, -0.25) is 4.79 Å². The molecule has 0 aromatic carbocycles. The summed E-state index contributed by atoms with van der Waals surface area (Å²) in [6.07, 6.45) is 22.6. The Hall–Kier alpha value is -0.650. The summed E-state index contributed by atoms with van der Waals surface area (Å²) in [7, 11) is 0. The van der Waals surface area contributed by atoms with Crippen LogP contribution in [0.25, 0.3) is 0 Å². The number of hydrogen-bond donors (Lipinski definition) is 2. The minimum absolute atomic E-state index is 0.227. The molecule has 0 aromatic rings. The number of ether oxygens (including phenoxy) is 1. The van der Waals surface area contributed by atoms with Gasteiger partial charge in [0.25, 0.3) is 0 Å². The maximum atomic E-state index is 10.5. The molecule has 0 saturated heterocycles. The summed E-state index contributed by atoms with van der Waals surface area (Å²) >= 11 is 0. The largest absolute Gasteiger partial charge is 0.481 e. The first-order valence-electron chi connectivity index (χ1n) is 13.8. The van der Waals surface area contributed by atoms with Crippen LogP contribution in [-0.4, -0.2) is 60.5 Å². The molecule has 0 saturated carbocycles. The standard InChI is InChI=1S/C27H55NO4/c1-2-3-4-5-6-7-8-13-18-25-32-26-19-14-12-17-22-28(23-24-29)21-16-11-9-10-15-20-27(30)31/h29H,2-26H2,1H3,(H,30,31). The minimum atomic E-state index is -0.690. The first-order chi connectivity index (χ1) is 15.7. The van der Waals surface area contributed by atoms with Crippen LogP contribution >= 0.6 is 0 Å². The van der Waals surface area contributed by atoms with Gasteiger partial charge in [-0.2, -0.15) is 0 Å². The van der Waals surface area contributed by atoms with Crippen molar-refractivity contribution in [1.29, 1.82) is 0 Å². The number of aliphatic hydroxyl groups is 1. The van der Waals surface area contributed by atoms with Crippen molar-refractivity contribution >= 4 is 5.97 Å². The molecule has 0 aliphatic rings. The summed E-state index contributed by atoms with van der Waals surface area (Å²) in [5.74, 6) is -0.690. The highest BCUT2D eigenvalue weighted by Gasteiger charge is 2.04. The van der Waals surface area contributed by atoms with Crippen LogP contribution in [0.1, 0.15) is 129 Å². The second kappa shape index (κ2) is 26.6. The van der Waals surface area contributed by atoms with Gasteiger partial charge >= 0.3 is 5.97 Å². The molecule has 0 atom stereocenters. The topological polar surface area (TPSA) is 70.0 Å². The third-order valence-corrected chi connectivity index (χ3v) is 6.19. The normalized spacial score (nSPS) is 11.5. The Labute approximate surface area is 199 Å². The van der Waals surface area contributed by atoms with Gasteiger partial charge in [-0.05, 0) is 45.2 Å². The molecular formula is C27H55NO4. The molecule has 5 heteroatoms. The number of unbranched alkanes of at least 4 members (excludes halogenated alkanes) is 15. The van der Waals surface area contributed by atoms with Crippen molar-refractivity contribution in [3.05, 3.63) is 0 Å². The lowest BCUT2D eigenvalue weighted by atomic mass is 10.1. The fraction of sp³-hybridized carbons (Fsp3) is 0.963. The molecule has 0 fully saturated rings. The molecule has 5 nitrogen and oxygen atoms in total. The molecule has 0 unspecified atom stereocenters. The van der Waals surface area contributed by atoms with Crippen molar-refractivity contribution in [3.8, 4) is 0 Å². The zero-order valence-corrected chi connectivity index (χ0v) is 21.3. The van der Waals surface area contributed by atoms with Crippen LogP contribution in [0, 0.1) is 0 Å². The fourth-order valence-corrected chi connectivity index (χ4v) is 4.13. The summed E-state index contributed by atoms with van der Waals surface area (Å²) in [5, 5.41) is 17.9. The van der Waals surface area contributed by atoms with Gasteiger partial charge in [-0.1, -0.05) is 90.4 Å². The predicted octanol–water partition coefficient (Wildman–Crippen LogP) is 6.81. The van der Waals surface area contributed by atoms with Crippen molar-refractivity contribution in [2.45, 2.75) is 129 Å². The molecule has 0 heterocycles. The summed E-state index contributed by atoms with van der Waals surface area (Å²) < 4.78 is 5.79. The van der Waals surface area contributed by atoms with Crippen LogP contribution in [0.5, 0.6) is 0 Å². The molecule has 0 amide bonds. The van der Waals surface area contributed by atoms with E-state index in [1.165, 1.54) is 77.0 Å². The first-order valence-corrected chi connectivity index (χ1v) is 13.8. The lowest BCUT2D eigenvalue weighted by Gasteiger charge is -2.21. The average Bonchev–Trinajstić information content (AvgIpc) is 2.77. The number of nitrogens with zero attached hydrogens (tertiary/aromatic N) is 1. The van der Waals surface area contributed by atoms with Crippen LogP contribution in [0.4, 0.5) is 0 Å². The van der Waals surface area contributed by atoms with Crippen molar-refractivity contribution in [3.63, 3.8) is 0 Å². The molecule has 0 aliphatic heterocycles. The quantitative estimate of drug-likeness (QED) is 0.133. The Morgan fingerprint density at radius 1 is 0.625 bits per heavy atom. The van der Waals surface area contributed by atoms with Gasteiger partial charge < -0.3 is 19.8 Å². The van der Waals surface area contributed by atoms with Crippen LogP contribution in [0.2, 0.25) is 0 Å². The summed E-state index contributed by atoms with van der Waals surface area (Å²) in [6.45, 7) is 7.20. The molecule has 0 aliphatic carbocycles. The van der Waals surface area contributed by atoms with E-state index < -0.39 is 5.97 Å². The Morgan fingerprint density at radius 3 is 1.53 bits per heavy atom. The van der Waals surface area contributed by atoms with E-state index in [0.717, 1.165) is 71.4 Å². The Morgan fingerprint density at radius 2 is 1.06 bits per heavy atom. The van der Waals surface area contributed by atoms with E-state index in [1.54, 1.807) is 0 Å². The van der Waals surface area contributed by atoms with E-state index in [1.807, 2.05) is 0 Å². The van der Waals surface area contributed by atoms with Crippen molar-refractivity contribution in [2.75, 3.05) is 39.5 Å². The molecule has 0 radical (unpaired) electrons. The molecule has 0 spiro atoms. The summed E-state index contributed by atoms with van der Waals surface area (Å²) in [6, 6.07) is 0. The van der Waals surface area contributed by atoms with Gasteiger partial charge in [0.2, 0.25) is 0 Å². The monoisotopic (exact) mass is 457 g/mol. The number of aliphatic carboxylic acids is 1. The first kappa shape index (κ1) is 31.4. The summed E-state index contributed by atoms with van der Waals surface area (Å²) in [4.78, 5) is 12.9. The minimum Gasteiger partial charge on any atom is -0.481 e. The molecule has 192 valence electrons. The van der Waals surface area contributed by atoms with Gasteiger partial charge in [0.15, 0.2) is 0 Å². The van der Waals surface area contributed by atoms with E-state index in [-0.39, 0.29) is 6.61 Å². The van der Waals surface area contributed by atoms with Crippen molar-refractivity contribution in [2.24, 2.45) is 0 Å². The molecular weight excluding hydrogens is 402 g/mol. The third kappa shape index (κ3) is 25.6. The second-order valence-electron chi connectivity index (χ2n) is 9.33. The molecule has 32 heavy (non-hydrogen) atoms. The number of carboxylic acid groups (broad SMARTS) is 1. The smallest absolute Gasteiger partial charge is 0.303 e. The van der Waals surface area contributed by atoms with Gasteiger partial charge in [-0.25, -0.2) is 0 Å². The molecule has 0 aromatic heterocycles. The highest BCUT2D eigenvalue weighted by molar-refractivity contribution is 5.66. The summed E-state index contributed by atoms with van der Waals surface area (Å²) in [5.41, 5.74) is 0. The van der Waals surface area contributed by atoms with Crippen molar-refractivity contribution < 1.29 is 19.7 Å². The van der Waals surface area contributed by atoms with Crippen LogP contribution in [-0.2, 0) is 9.53 Å². The van der Waals surface area contributed by atoms with Gasteiger partial charge in [-0.15, -0.1) is 0 Å². The van der Waals surface area contributed by atoms with Gasteiger partial charge in [0, 0.05) is 26.2 Å². The SMILES string of the molecule is CCCCCCCCCCCOCCCCCCN(CCO)CCCCCCCC(=O)O. The van der Waals surface area contributed by atoms with E-state index >= 15 is 0 Å². The fourth-order valence-electron chi connectivity index (χ4n) is 4.13. The van der Waals surface area contributed by atoms with E-state index in [0.29, 0.717) is 6.42 Å². The van der Waals surface area contributed by atoms with Crippen molar-refractivity contribution in [1.82, 2.24) is 4.90 Å². The van der Waals surface area contributed by atoms with Gasteiger partial charge in [0.05, 0.1) is 6.61 Å². The Kier molecular flexibility index (Phi) is 26.1. The molecule has 0 rings (SSSR count). The number of hydrogen-bond acceptors (Lipinski definition) is 4. The van der Waals surface area contributed by atoms with Crippen LogP contribution < -0.4 is 0 Å². The third-order valence-electron chi connectivity index (χ3n) is 6.19. The van der Waals surface area contributed by atoms with Crippen LogP contribution in [0.15, 0.2) is 0 Å². The average molecular weight is 458 g/mol. The molecule has 0 bridgehead atoms. The molecule has 2 N–H and O–H groups in total. The zero-order chi connectivity index (χ0) is 23.5.